The number of aryl methyl sites for hydroxylation is 1. The summed E-state index contributed by atoms with van der Waals surface area (Å²) in [6, 6.07) is 1.34. The summed E-state index contributed by atoms with van der Waals surface area (Å²) in [7, 11) is 0. The van der Waals surface area contributed by atoms with Gasteiger partial charge in [-0.25, -0.2) is 4.98 Å². The molecule has 0 aliphatic carbocycles. The number of aromatic amines is 1. The highest BCUT2D eigenvalue weighted by Gasteiger charge is 2.36. The summed E-state index contributed by atoms with van der Waals surface area (Å²) in [6.45, 7) is 2.85. The number of nitrogens with zero attached hydrogens (tertiary/aromatic N) is 3. The van der Waals surface area contributed by atoms with Gasteiger partial charge in [-0.3, -0.25) is 9.59 Å². The topological polar surface area (TPSA) is 69.3 Å². The Balaban J connectivity index is 2.11. The van der Waals surface area contributed by atoms with Crippen LogP contribution in [0.25, 0.3) is 0 Å². The number of hydrogen-bond acceptors (Lipinski definition) is 4. The van der Waals surface area contributed by atoms with Crippen LogP contribution in [0.15, 0.2) is 10.9 Å². The monoisotopic (exact) mass is 346 g/mol. The number of amides is 1. The number of H-pyrrole nitrogens is 1. The summed E-state index contributed by atoms with van der Waals surface area (Å²) >= 11 is 0. The number of anilines is 1. The lowest BCUT2D eigenvalue weighted by Crippen LogP contribution is -2.47. The van der Waals surface area contributed by atoms with Crippen molar-refractivity contribution in [3.63, 3.8) is 0 Å². The highest BCUT2D eigenvalue weighted by molar-refractivity contribution is 5.79. The lowest BCUT2D eigenvalue weighted by atomic mass is 9.96. The van der Waals surface area contributed by atoms with Gasteiger partial charge in [-0.1, -0.05) is 0 Å². The molecule has 6 nitrogen and oxygen atoms in total. The fourth-order valence-electron chi connectivity index (χ4n) is 2.93. The molecular weight excluding hydrogens is 325 g/mol. The molecule has 9 heteroatoms. The number of carbonyl (C=O) groups excluding carboxylic acids is 1. The molecule has 24 heavy (non-hydrogen) atoms. The average Bonchev–Trinajstić information content (AvgIpc) is 2.50. The second-order valence-electron chi connectivity index (χ2n) is 5.94. The highest BCUT2D eigenvalue weighted by Crippen LogP contribution is 2.24. The normalized spacial score (nSPS) is 18.5. The quantitative estimate of drug-likeness (QED) is 0.901. The van der Waals surface area contributed by atoms with Crippen LogP contribution in [0.3, 0.4) is 0 Å². The molecule has 1 aromatic heterocycles. The van der Waals surface area contributed by atoms with Gasteiger partial charge in [0.05, 0.1) is 5.92 Å². The maximum atomic E-state index is 12.6. The third kappa shape index (κ3) is 4.72. The lowest BCUT2D eigenvalue weighted by Gasteiger charge is -2.35. The molecule has 2 heterocycles. The average molecular weight is 346 g/mol. The number of piperidine rings is 1. The maximum Gasteiger partial charge on any atom is 0.406 e. The molecule has 1 N–H and O–H groups in total. The third-order valence-electron chi connectivity index (χ3n) is 4.00. The third-order valence-corrected chi connectivity index (χ3v) is 4.00. The van der Waals surface area contributed by atoms with Crippen LogP contribution < -0.4 is 10.5 Å². The minimum Gasteiger partial charge on any atom is -0.356 e. The Morgan fingerprint density at radius 3 is 2.79 bits per heavy atom. The molecule has 1 amide bonds. The Kier molecular flexibility index (Phi) is 5.51. The van der Waals surface area contributed by atoms with Crippen LogP contribution in [0.1, 0.15) is 25.6 Å². The predicted molar refractivity (Wildman–Crippen MR) is 82.8 cm³/mol. The second-order valence-corrected chi connectivity index (χ2v) is 5.94. The van der Waals surface area contributed by atoms with Crippen molar-refractivity contribution in [1.82, 2.24) is 14.9 Å². The first-order valence-electron chi connectivity index (χ1n) is 7.88. The van der Waals surface area contributed by atoms with Gasteiger partial charge in [0.25, 0.3) is 5.56 Å². The van der Waals surface area contributed by atoms with E-state index in [9.17, 15) is 22.8 Å². The summed E-state index contributed by atoms with van der Waals surface area (Å²) < 4.78 is 37.8. The van der Waals surface area contributed by atoms with E-state index in [1.807, 2.05) is 0 Å². The Morgan fingerprint density at radius 1 is 1.50 bits per heavy atom. The van der Waals surface area contributed by atoms with Gasteiger partial charge in [0.15, 0.2) is 0 Å². The number of carbonyl (C=O) groups is 1. The summed E-state index contributed by atoms with van der Waals surface area (Å²) in [5, 5.41) is 0. The molecule has 2 rings (SSSR count). The molecule has 0 spiro atoms. The van der Waals surface area contributed by atoms with Crippen molar-refractivity contribution in [3.05, 3.63) is 22.2 Å². The van der Waals surface area contributed by atoms with E-state index in [2.05, 4.69) is 9.97 Å². The minimum absolute atomic E-state index is 0.0111. The molecule has 1 aliphatic rings. The molecule has 0 aromatic carbocycles. The Hall–Kier alpha value is -2.06. The van der Waals surface area contributed by atoms with Crippen molar-refractivity contribution >= 4 is 11.7 Å². The van der Waals surface area contributed by atoms with Crippen LogP contribution in [0.2, 0.25) is 0 Å². The van der Waals surface area contributed by atoms with Gasteiger partial charge in [-0.05, 0) is 26.7 Å². The van der Waals surface area contributed by atoms with Gasteiger partial charge in [-0.15, -0.1) is 0 Å². The first-order chi connectivity index (χ1) is 11.2. The standard InChI is InChI=1S/C15H21F3N4O2/c1-3-21(9-15(16,17)18)14(24)11-5-4-6-22(8-11)12-7-13(23)20-10(2)19-12/h7,11H,3-6,8-9H2,1-2H3,(H,19,20,23). The van der Waals surface area contributed by atoms with E-state index < -0.39 is 24.5 Å². The molecule has 1 aliphatic heterocycles. The van der Waals surface area contributed by atoms with Crippen LogP contribution in [-0.4, -0.2) is 53.1 Å². The number of hydrogen-bond donors (Lipinski definition) is 1. The molecule has 134 valence electrons. The molecular formula is C15H21F3N4O2. The molecule has 1 saturated heterocycles. The van der Waals surface area contributed by atoms with Crippen LogP contribution >= 0.6 is 0 Å². The predicted octanol–water partition coefficient (Wildman–Crippen LogP) is 1.71. The van der Waals surface area contributed by atoms with Gasteiger partial charge in [0.2, 0.25) is 5.91 Å². The molecule has 1 aromatic rings. The van der Waals surface area contributed by atoms with E-state index in [-0.39, 0.29) is 18.6 Å². The van der Waals surface area contributed by atoms with E-state index in [1.54, 1.807) is 11.8 Å². The van der Waals surface area contributed by atoms with E-state index in [1.165, 1.54) is 13.0 Å². The summed E-state index contributed by atoms with van der Waals surface area (Å²) in [4.78, 5) is 33.4. The first-order valence-corrected chi connectivity index (χ1v) is 7.88. The summed E-state index contributed by atoms with van der Waals surface area (Å²) in [5.74, 6) is -0.116. The molecule has 0 bridgehead atoms. The molecule has 1 fully saturated rings. The highest BCUT2D eigenvalue weighted by atomic mass is 19.4. The van der Waals surface area contributed by atoms with Crippen molar-refractivity contribution in [3.8, 4) is 0 Å². The zero-order chi connectivity index (χ0) is 17.9. The maximum absolute atomic E-state index is 12.6. The van der Waals surface area contributed by atoms with Gasteiger partial charge >= 0.3 is 6.18 Å². The summed E-state index contributed by atoms with van der Waals surface area (Å²) in [6.07, 6.45) is -3.22. The fraction of sp³-hybridized carbons (Fsp3) is 0.667. The zero-order valence-corrected chi connectivity index (χ0v) is 13.7. The number of aromatic nitrogens is 2. The Bertz CT molecular complexity index is 644. The van der Waals surface area contributed by atoms with E-state index >= 15 is 0 Å². The SMILES string of the molecule is CCN(CC(F)(F)F)C(=O)C1CCCN(c2cc(=O)[nH]c(C)n2)C1. The van der Waals surface area contributed by atoms with Crippen molar-refractivity contribution in [2.45, 2.75) is 32.9 Å². The second kappa shape index (κ2) is 7.23. The summed E-state index contributed by atoms with van der Waals surface area (Å²) in [5.41, 5.74) is -0.293. The van der Waals surface area contributed by atoms with Crippen LogP contribution in [-0.2, 0) is 4.79 Å². The van der Waals surface area contributed by atoms with Crippen molar-refractivity contribution in [2.24, 2.45) is 5.92 Å². The number of alkyl halides is 3. The number of halogens is 3. The first kappa shape index (κ1) is 18.3. The smallest absolute Gasteiger partial charge is 0.356 e. The van der Waals surface area contributed by atoms with Crippen molar-refractivity contribution < 1.29 is 18.0 Å². The Labute approximate surface area is 137 Å². The molecule has 1 unspecified atom stereocenters. The Morgan fingerprint density at radius 2 is 2.21 bits per heavy atom. The van der Waals surface area contributed by atoms with E-state index in [0.29, 0.717) is 31.0 Å². The van der Waals surface area contributed by atoms with Gasteiger partial charge in [0.1, 0.15) is 18.2 Å². The number of nitrogens with one attached hydrogen (secondary N) is 1. The molecule has 0 radical (unpaired) electrons. The minimum atomic E-state index is -4.41. The largest absolute Gasteiger partial charge is 0.406 e. The van der Waals surface area contributed by atoms with Crippen molar-refractivity contribution in [1.29, 1.82) is 0 Å². The zero-order valence-electron chi connectivity index (χ0n) is 13.7. The van der Waals surface area contributed by atoms with E-state index in [0.717, 1.165) is 4.90 Å². The van der Waals surface area contributed by atoms with Crippen LogP contribution in [0.4, 0.5) is 19.0 Å². The van der Waals surface area contributed by atoms with Crippen LogP contribution in [0, 0.1) is 12.8 Å². The van der Waals surface area contributed by atoms with Gasteiger partial charge in [0, 0.05) is 25.7 Å². The molecule has 1 atom stereocenters. The van der Waals surface area contributed by atoms with Gasteiger partial charge < -0.3 is 14.8 Å². The molecule has 0 saturated carbocycles. The van der Waals surface area contributed by atoms with Crippen molar-refractivity contribution in [2.75, 3.05) is 31.1 Å². The lowest BCUT2D eigenvalue weighted by molar-refractivity contribution is -0.163. The van der Waals surface area contributed by atoms with E-state index in [4.69, 9.17) is 0 Å². The van der Waals surface area contributed by atoms with Crippen LogP contribution in [0.5, 0.6) is 0 Å². The fourth-order valence-corrected chi connectivity index (χ4v) is 2.93. The van der Waals surface area contributed by atoms with Gasteiger partial charge in [-0.2, -0.15) is 13.2 Å². The number of rotatable bonds is 4.